The van der Waals surface area contributed by atoms with Crippen molar-refractivity contribution in [1.82, 2.24) is 0 Å². The minimum atomic E-state index is 0.334. The molecule has 3 nitrogen and oxygen atoms in total. The molecule has 4 heteroatoms. The SMILES string of the molecule is CSCCCC/C(N)=N/O. The first-order valence-corrected chi connectivity index (χ1v) is 4.66. The van der Waals surface area contributed by atoms with Crippen LogP contribution in [-0.4, -0.2) is 23.1 Å². The van der Waals surface area contributed by atoms with Crippen LogP contribution in [0.15, 0.2) is 5.16 Å². The highest BCUT2D eigenvalue weighted by Gasteiger charge is 1.91. The Morgan fingerprint density at radius 2 is 2.30 bits per heavy atom. The number of unbranched alkanes of at least 4 members (excludes halogenated alkanes) is 1. The van der Waals surface area contributed by atoms with Crippen LogP contribution in [0.2, 0.25) is 0 Å². The lowest BCUT2D eigenvalue weighted by Crippen LogP contribution is -2.10. The van der Waals surface area contributed by atoms with Crippen LogP contribution in [0.5, 0.6) is 0 Å². The molecule has 0 unspecified atom stereocenters. The standard InChI is InChI=1S/C6H14N2OS/c1-10-5-3-2-4-6(7)8-9/h9H,2-5H2,1H3,(H2,7,8). The molecular formula is C6H14N2OS. The molecule has 0 spiro atoms. The van der Waals surface area contributed by atoms with Gasteiger partial charge in [0.15, 0.2) is 0 Å². The highest BCUT2D eigenvalue weighted by Crippen LogP contribution is 2.01. The Hall–Kier alpha value is -0.380. The van der Waals surface area contributed by atoms with E-state index >= 15 is 0 Å². The van der Waals surface area contributed by atoms with Gasteiger partial charge in [0.05, 0.1) is 0 Å². The molecule has 0 amide bonds. The third kappa shape index (κ3) is 5.75. The number of hydrogen-bond acceptors (Lipinski definition) is 3. The molecule has 10 heavy (non-hydrogen) atoms. The van der Waals surface area contributed by atoms with Crippen LogP contribution in [0.4, 0.5) is 0 Å². The molecule has 0 heterocycles. The maximum absolute atomic E-state index is 8.15. The van der Waals surface area contributed by atoms with Crippen LogP contribution >= 0.6 is 11.8 Å². The Morgan fingerprint density at radius 1 is 1.60 bits per heavy atom. The number of nitrogens with zero attached hydrogens (tertiary/aromatic N) is 1. The van der Waals surface area contributed by atoms with Gasteiger partial charge in [-0.05, 0) is 24.9 Å². The number of oxime groups is 1. The van der Waals surface area contributed by atoms with Gasteiger partial charge in [-0.1, -0.05) is 5.16 Å². The summed E-state index contributed by atoms with van der Waals surface area (Å²) in [5, 5.41) is 11.0. The van der Waals surface area contributed by atoms with Crippen molar-refractivity contribution >= 4 is 17.6 Å². The zero-order valence-electron chi connectivity index (χ0n) is 6.21. The van der Waals surface area contributed by atoms with Gasteiger partial charge in [0.1, 0.15) is 5.84 Å². The molecule has 0 saturated heterocycles. The van der Waals surface area contributed by atoms with Crippen molar-refractivity contribution in [3.63, 3.8) is 0 Å². The average Bonchev–Trinajstić information content (AvgIpc) is 1.98. The molecule has 0 aromatic carbocycles. The van der Waals surface area contributed by atoms with Crippen molar-refractivity contribution in [3.05, 3.63) is 0 Å². The average molecular weight is 162 g/mol. The summed E-state index contributed by atoms with van der Waals surface area (Å²) in [5.74, 6) is 1.49. The van der Waals surface area contributed by atoms with Crippen LogP contribution in [0.1, 0.15) is 19.3 Å². The Morgan fingerprint density at radius 3 is 2.80 bits per heavy atom. The van der Waals surface area contributed by atoms with Gasteiger partial charge in [0, 0.05) is 6.42 Å². The molecule has 0 aliphatic rings. The minimum absolute atomic E-state index is 0.334. The van der Waals surface area contributed by atoms with E-state index in [0.29, 0.717) is 12.3 Å². The van der Waals surface area contributed by atoms with Crippen LogP contribution < -0.4 is 5.73 Å². The molecule has 0 saturated carbocycles. The number of amidine groups is 1. The predicted molar refractivity (Wildman–Crippen MR) is 45.6 cm³/mol. The van der Waals surface area contributed by atoms with Gasteiger partial charge in [-0.3, -0.25) is 0 Å². The van der Waals surface area contributed by atoms with E-state index in [0.717, 1.165) is 18.6 Å². The van der Waals surface area contributed by atoms with Crippen molar-refractivity contribution in [2.75, 3.05) is 12.0 Å². The maximum Gasteiger partial charge on any atom is 0.139 e. The first-order valence-electron chi connectivity index (χ1n) is 3.26. The third-order valence-electron chi connectivity index (χ3n) is 1.16. The fourth-order valence-corrected chi connectivity index (χ4v) is 1.10. The largest absolute Gasteiger partial charge is 0.409 e. The highest BCUT2D eigenvalue weighted by atomic mass is 32.2. The second-order valence-electron chi connectivity index (χ2n) is 2.04. The molecule has 0 fully saturated rings. The number of thioether (sulfide) groups is 1. The Balaban J connectivity index is 3.04. The van der Waals surface area contributed by atoms with Gasteiger partial charge < -0.3 is 10.9 Å². The van der Waals surface area contributed by atoms with E-state index in [2.05, 4.69) is 11.4 Å². The van der Waals surface area contributed by atoms with E-state index in [-0.39, 0.29) is 0 Å². The fraction of sp³-hybridized carbons (Fsp3) is 0.833. The Labute approximate surface area is 65.7 Å². The van der Waals surface area contributed by atoms with Gasteiger partial charge in [-0.2, -0.15) is 11.8 Å². The van der Waals surface area contributed by atoms with Gasteiger partial charge in [0.2, 0.25) is 0 Å². The quantitative estimate of drug-likeness (QED) is 0.210. The minimum Gasteiger partial charge on any atom is -0.409 e. The van der Waals surface area contributed by atoms with Gasteiger partial charge >= 0.3 is 0 Å². The smallest absolute Gasteiger partial charge is 0.139 e. The van der Waals surface area contributed by atoms with Crippen molar-refractivity contribution in [2.45, 2.75) is 19.3 Å². The molecule has 0 aromatic heterocycles. The molecule has 0 atom stereocenters. The maximum atomic E-state index is 8.15. The highest BCUT2D eigenvalue weighted by molar-refractivity contribution is 7.98. The van der Waals surface area contributed by atoms with Crippen molar-refractivity contribution in [3.8, 4) is 0 Å². The monoisotopic (exact) mass is 162 g/mol. The lowest BCUT2D eigenvalue weighted by atomic mass is 10.2. The first-order chi connectivity index (χ1) is 4.81. The van der Waals surface area contributed by atoms with Crippen LogP contribution in [0, 0.1) is 0 Å². The summed E-state index contributed by atoms with van der Waals surface area (Å²) in [6, 6.07) is 0. The number of nitrogens with two attached hydrogens (primary N) is 1. The summed E-state index contributed by atoms with van der Waals surface area (Å²) < 4.78 is 0. The van der Waals surface area contributed by atoms with Gasteiger partial charge in [-0.25, -0.2) is 0 Å². The lowest BCUT2D eigenvalue weighted by molar-refractivity contribution is 0.316. The van der Waals surface area contributed by atoms with Crippen molar-refractivity contribution < 1.29 is 5.21 Å². The topological polar surface area (TPSA) is 58.6 Å². The molecule has 3 N–H and O–H groups in total. The predicted octanol–water partition coefficient (Wildman–Crippen LogP) is 1.27. The first kappa shape index (κ1) is 9.62. The van der Waals surface area contributed by atoms with Crippen LogP contribution in [0.25, 0.3) is 0 Å². The van der Waals surface area contributed by atoms with Gasteiger partial charge in [-0.15, -0.1) is 0 Å². The van der Waals surface area contributed by atoms with Gasteiger partial charge in [0.25, 0.3) is 0 Å². The second kappa shape index (κ2) is 6.74. The normalized spacial score (nSPS) is 11.9. The molecule has 0 aromatic rings. The number of rotatable bonds is 5. The molecule has 0 rings (SSSR count). The molecule has 0 radical (unpaired) electrons. The van der Waals surface area contributed by atoms with Crippen molar-refractivity contribution in [1.29, 1.82) is 0 Å². The number of hydrogen-bond donors (Lipinski definition) is 2. The molecule has 0 bridgehead atoms. The van der Waals surface area contributed by atoms with Crippen LogP contribution in [-0.2, 0) is 0 Å². The third-order valence-corrected chi connectivity index (χ3v) is 1.86. The molecule has 60 valence electrons. The zero-order chi connectivity index (χ0) is 7.82. The van der Waals surface area contributed by atoms with Crippen molar-refractivity contribution in [2.24, 2.45) is 10.9 Å². The summed E-state index contributed by atoms with van der Waals surface area (Å²) in [6.45, 7) is 0. The lowest BCUT2D eigenvalue weighted by Gasteiger charge is -1.96. The summed E-state index contributed by atoms with van der Waals surface area (Å²) in [5.41, 5.74) is 5.25. The molecule has 0 aliphatic carbocycles. The summed E-state index contributed by atoms with van der Waals surface area (Å²) >= 11 is 1.82. The van der Waals surface area contributed by atoms with E-state index in [9.17, 15) is 0 Å². The zero-order valence-corrected chi connectivity index (χ0v) is 7.02. The van der Waals surface area contributed by atoms with E-state index < -0.39 is 0 Å². The second-order valence-corrected chi connectivity index (χ2v) is 3.03. The Bertz CT molecular complexity index is 106. The summed E-state index contributed by atoms with van der Waals surface area (Å²) in [6.07, 6.45) is 4.93. The summed E-state index contributed by atoms with van der Waals surface area (Å²) in [7, 11) is 0. The van der Waals surface area contributed by atoms with E-state index in [1.807, 2.05) is 11.8 Å². The summed E-state index contributed by atoms with van der Waals surface area (Å²) in [4.78, 5) is 0. The Kier molecular flexibility index (Phi) is 6.48. The van der Waals surface area contributed by atoms with E-state index in [4.69, 9.17) is 10.9 Å². The van der Waals surface area contributed by atoms with E-state index in [1.54, 1.807) is 0 Å². The van der Waals surface area contributed by atoms with E-state index in [1.165, 1.54) is 0 Å². The molecule has 0 aliphatic heterocycles. The fourth-order valence-electron chi connectivity index (χ4n) is 0.603. The van der Waals surface area contributed by atoms with Crippen LogP contribution in [0.3, 0.4) is 0 Å². The molecular weight excluding hydrogens is 148 g/mol.